The summed E-state index contributed by atoms with van der Waals surface area (Å²) in [6, 6.07) is 9.96. The van der Waals surface area contributed by atoms with E-state index in [2.05, 4.69) is 20.3 Å². The molecule has 2 heterocycles. The molecule has 0 unspecified atom stereocenters. The molecule has 0 aliphatic heterocycles. The molecule has 1 N–H and O–H groups in total. The van der Waals surface area contributed by atoms with E-state index in [4.69, 9.17) is 0 Å². The second-order valence-corrected chi connectivity index (χ2v) is 5.32. The fourth-order valence-corrected chi connectivity index (χ4v) is 2.55. The molecular formula is C15H14N4S. The van der Waals surface area contributed by atoms with Crippen molar-refractivity contribution in [3.63, 3.8) is 0 Å². The molecule has 0 aliphatic rings. The lowest BCUT2D eigenvalue weighted by atomic mass is 10.2. The number of aryl methyl sites for hydroxylation is 1. The van der Waals surface area contributed by atoms with Crippen molar-refractivity contribution in [3.05, 3.63) is 58.8 Å². The van der Waals surface area contributed by atoms with E-state index in [0.29, 0.717) is 0 Å². The van der Waals surface area contributed by atoms with Crippen molar-refractivity contribution in [1.82, 2.24) is 15.0 Å². The van der Waals surface area contributed by atoms with Gasteiger partial charge in [-0.2, -0.15) is 0 Å². The van der Waals surface area contributed by atoms with Crippen molar-refractivity contribution in [2.75, 3.05) is 5.32 Å². The summed E-state index contributed by atoms with van der Waals surface area (Å²) < 4.78 is 0. The molecule has 20 heavy (non-hydrogen) atoms. The summed E-state index contributed by atoms with van der Waals surface area (Å²) in [6.07, 6.45) is 3.62. The summed E-state index contributed by atoms with van der Waals surface area (Å²) in [5.74, 6) is 0.741. The maximum absolute atomic E-state index is 4.39. The molecule has 0 fully saturated rings. The average Bonchev–Trinajstić information content (AvgIpc) is 2.92. The van der Waals surface area contributed by atoms with E-state index in [-0.39, 0.29) is 0 Å². The van der Waals surface area contributed by atoms with Crippen LogP contribution in [0.4, 0.5) is 5.69 Å². The molecule has 0 saturated carbocycles. The van der Waals surface area contributed by atoms with E-state index in [1.807, 2.05) is 55.2 Å². The monoisotopic (exact) mass is 282 g/mol. The van der Waals surface area contributed by atoms with Crippen molar-refractivity contribution in [2.45, 2.75) is 13.5 Å². The number of thiazole rings is 1. The smallest absolute Gasteiger partial charge is 0.159 e. The molecule has 4 nitrogen and oxygen atoms in total. The Labute approximate surface area is 121 Å². The summed E-state index contributed by atoms with van der Waals surface area (Å²) in [6.45, 7) is 2.77. The SMILES string of the molecule is Cc1ncsc1CNc1cnc(-c2ccccc2)nc1. The molecule has 0 spiro atoms. The van der Waals surface area contributed by atoms with Gasteiger partial charge in [-0.05, 0) is 6.92 Å². The quantitative estimate of drug-likeness (QED) is 0.795. The van der Waals surface area contributed by atoms with Crippen LogP contribution in [-0.2, 0) is 6.54 Å². The molecule has 2 aromatic heterocycles. The van der Waals surface area contributed by atoms with E-state index in [0.717, 1.165) is 29.3 Å². The van der Waals surface area contributed by atoms with Gasteiger partial charge < -0.3 is 5.32 Å². The third-order valence-electron chi connectivity index (χ3n) is 2.98. The predicted molar refractivity (Wildman–Crippen MR) is 81.6 cm³/mol. The van der Waals surface area contributed by atoms with Crippen molar-refractivity contribution in [1.29, 1.82) is 0 Å². The molecule has 0 atom stereocenters. The van der Waals surface area contributed by atoms with Crippen molar-refractivity contribution < 1.29 is 0 Å². The lowest BCUT2D eigenvalue weighted by molar-refractivity contribution is 1.09. The molecule has 0 radical (unpaired) electrons. The second-order valence-electron chi connectivity index (χ2n) is 4.38. The Bertz CT molecular complexity index is 677. The van der Waals surface area contributed by atoms with Crippen molar-refractivity contribution in [2.24, 2.45) is 0 Å². The number of anilines is 1. The molecule has 0 aliphatic carbocycles. The average molecular weight is 282 g/mol. The molecule has 3 aromatic rings. The van der Waals surface area contributed by atoms with Crippen LogP contribution in [0.3, 0.4) is 0 Å². The number of nitrogens with zero attached hydrogens (tertiary/aromatic N) is 3. The van der Waals surface area contributed by atoms with E-state index in [1.54, 1.807) is 11.3 Å². The Hall–Kier alpha value is -2.27. The first-order chi connectivity index (χ1) is 9.83. The fraction of sp³-hybridized carbons (Fsp3) is 0.133. The Kier molecular flexibility index (Phi) is 3.69. The van der Waals surface area contributed by atoms with Crippen molar-refractivity contribution in [3.8, 4) is 11.4 Å². The van der Waals surface area contributed by atoms with Crippen LogP contribution in [0.1, 0.15) is 10.6 Å². The van der Waals surface area contributed by atoms with Gasteiger partial charge >= 0.3 is 0 Å². The minimum atomic E-state index is 0.741. The summed E-state index contributed by atoms with van der Waals surface area (Å²) in [5, 5.41) is 3.31. The van der Waals surface area contributed by atoms with Crippen LogP contribution in [0.2, 0.25) is 0 Å². The van der Waals surface area contributed by atoms with Crippen LogP contribution in [0, 0.1) is 6.92 Å². The zero-order valence-electron chi connectivity index (χ0n) is 11.1. The first kappa shape index (κ1) is 12.7. The van der Waals surface area contributed by atoms with Crippen LogP contribution in [-0.4, -0.2) is 15.0 Å². The van der Waals surface area contributed by atoms with Gasteiger partial charge in [0.1, 0.15) is 0 Å². The third-order valence-corrected chi connectivity index (χ3v) is 3.92. The lowest BCUT2D eigenvalue weighted by Crippen LogP contribution is -2.00. The molecule has 5 heteroatoms. The highest BCUT2D eigenvalue weighted by Crippen LogP contribution is 2.17. The van der Waals surface area contributed by atoms with Gasteiger partial charge in [-0.3, -0.25) is 0 Å². The minimum absolute atomic E-state index is 0.741. The summed E-state index contributed by atoms with van der Waals surface area (Å²) in [7, 11) is 0. The molecule has 3 rings (SSSR count). The second kappa shape index (κ2) is 5.79. The van der Waals surface area contributed by atoms with Crippen molar-refractivity contribution >= 4 is 17.0 Å². The maximum Gasteiger partial charge on any atom is 0.159 e. The number of nitrogens with one attached hydrogen (secondary N) is 1. The van der Waals surface area contributed by atoms with Crippen LogP contribution in [0.5, 0.6) is 0 Å². The molecule has 100 valence electrons. The number of hydrogen-bond acceptors (Lipinski definition) is 5. The Balaban J connectivity index is 1.69. The van der Waals surface area contributed by atoms with E-state index in [1.165, 1.54) is 4.88 Å². The zero-order chi connectivity index (χ0) is 13.8. The predicted octanol–water partition coefficient (Wildman–Crippen LogP) is 3.52. The zero-order valence-corrected chi connectivity index (χ0v) is 11.9. The van der Waals surface area contributed by atoms with Crippen LogP contribution >= 0.6 is 11.3 Å². The lowest BCUT2D eigenvalue weighted by Gasteiger charge is -2.05. The third kappa shape index (κ3) is 2.83. The minimum Gasteiger partial charge on any atom is -0.378 e. The van der Waals surface area contributed by atoms with Gasteiger partial charge in [0.2, 0.25) is 0 Å². The van der Waals surface area contributed by atoms with Gasteiger partial charge in [-0.1, -0.05) is 30.3 Å². The number of hydrogen-bond donors (Lipinski definition) is 1. The number of aromatic nitrogens is 3. The Morgan fingerprint density at radius 3 is 2.45 bits per heavy atom. The van der Waals surface area contributed by atoms with Crippen LogP contribution < -0.4 is 5.32 Å². The number of benzene rings is 1. The summed E-state index contributed by atoms with van der Waals surface area (Å²) in [5.41, 5.74) is 4.88. The van der Waals surface area contributed by atoms with Crippen LogP contribution in [0.25, 0.3) is 11.4 Å². The molecule has 0 bridgehead atoms. The highest BCUT2D eigenvalue weighted by atomic mass is 32.1. The summed E-state index contributed by atoms with van der Waals surface area (Å²) in [4.78, 5) is 14.2. The summed E-state index contributed by atoms with van der Waals surface area (Å²) >= 11 is 1.65. The topological polar surface area (TPSA) is 50.7 Å². The van der Waals surface area contributed by atoms with Gasteiger partial charge in [-0.25, -0.2) is 15.0 Å². The van der Waals surface area contributed by atoms with E-state index < -0.39 is 0 Å². The highest BCUT2D eigenvalue weighted by molar-refractivity contribution is 7.09. The van der Waals surface area contributed by atoms with Crippen LogP contribution in [0.15, 0.2) is 48.2 Å². The first-order valence-corrected chi connectivity index (χ1v) is 7.21. The standard InChI is InChI=1S/C15H14N4S/c1-11-14(20-10-19-11)9-16-13-7-17-15(18-8-13)12-5-3-2-4-6-12/h2-8,10,16H,9H2,1H3. The molecule has 0 saturated heterocycles. The first-order valence-electron chi connectivity index (χ1n) is 6.33. The van der Waals surface area contributed by atoms with E-state index >= 15 is 0 Å². The van der Waals surface area contributed by atoms with Gasteiger partial charge in [0.05, 0.1) is 35.8 Å². The number of rotatable bonds is 4. The fourth-order valence-electron chi connectivity index (χ4n) is 1.83. The molecular weight excluding hydrogens is 268 g/mol. The molecule has 1 aromatic carbocycles. The van der Waals surface area contributed by atoms with Gasteiger partial charge in [0.15, 0.2) is 5.82 Å². The largest absolute Gasteiger partial charge is 0.378 e. The van der Waals surface area contributed by atoms with Gasteiger partial charge in [-0.15, -0.1) is 11.3 Å². The maximum atomic E-state index is 4.39. The molecule has 0 amide bonds. The van der Waals surface area contributed by atoms with E-state index in [9.17, 15) is 0 Å². The highest BCUT2D eigenvalue weighted by Gasteiger charge is 2.03. The van der Waals surface area contributed by atoms with Gasteiger partial charge in [0.25, 0.3) is 0 Å². The normalized spacial score (nSPS) is 10.4. The Morgan fingerprint density at radius 2 is 1.80 bits per heavy atom. The van der Waals surface area contributed by atoms with Gasteiger partial charge in [0, 0.05) is 10.4 Å². The Morgan fingerprint density at radius 1 is 1.05 bits per heavy atom.